The maximum atomic E-state index is 12.3. The first-order chi connectivity index (χ1) is 10.6. The number of aryl methyl sites for hydroxylation is 1. The standard InChI is InChI=1S/C15H15ClN4O2/c16-11-5-4-9-13(21)3-1-2-6-20-12(7-10(11)14(9)20)15(22)18-8-19-17/h4-5,7-8H,1-3,6,17H2,(H,18,19,22). The molecule has 0 bridgehead atoms. The number of nitrogens with zero attached hydrogens (tertiary/aromatic N) is 2. The molecule has 0 saturated heterocycles. The van der Waals surface area contributed by atoms with Crippen molar-refractivity contribution in [3.63, 3.8) is 0 Å². The number of Topliss-reactive ketones (excluding diaryl/α,β-unsaturated/α-hetero) is 1. The second-order valence-corrected chi connectivity index (χ2v) is 5.58. The Labute approximate surface area is 131 Å². The van der Waals surface area contributed by atoms with E-state index in [-0.39, 0.29) is 11.7 Å². The van der Waals surface area contributed by atoms with E-state index in [4.69, 9.17) is 17.4 Å². The lowest BCUT2D eigenvalue weighted by molar-refractivity contribution is 0.0958. The van der Waals surface area contributed by atoms with Crippen LogP contribution in [0.25, 0.3) is 10.9 Å². The molecule has 0 fully saturated rings. The molecule has 0 aliphatic carbocycles. The molecule has 1 aliphatic heterocycles. The molecule has 0 radical (unpaired) electrons. The van der Waals surface area contributed by atoms with E-state index >= 15 is 0 Å². The fraction of sp³-hybridized carbons (Fsp3) is 0.267. The minimum absolute atomic E-state index is 0.0798. The zero-order chi connectivity index (χ0) is 15.7. The predicted octanol–water partition coefficient (Wildman–Crippen LogP) is 2.29. The molecule has 0 saturated carbocycles. The van der Waals surface area contributed by atoms with E-state index in [1.54, 1.807) is 18.2 Å². The summed E-state index contributed by atoms with van der Waals surface area (Å²) in [5.41, 5.74) is 1.79. The Bertz CT molecular complexity index is 794. The van der Waals surface area contributed by atoms with Crippen molar-refractivity contribution in [2.24, 2.45) is 10.9 Å². The first kappa shape index (κ1) is 14.6. The Kier molecular flexibility index (Phi) is 3.85. The third kappa shape index (κ3) is 2.35. The Balaban J connectivity index is 2.25. The van der Waals surface area contributed by atoms with E-state index in [0.29, 0.717) is 34.6 Å². The van der Waals surface area contributed by atoms with Gasteiger partial charge < -0.3 is 15.7 Å². The topological polar surface area (TPSA) is 89.5 Å². The molecule has 0 spiro atoms. The lowest BCUT2D eigenvalue weighted by atomic mass is 10.0. The van der Waals surface area contributed by atoms with Crippen molar-refractivity contribution in [2.45, 2.75) is 25.8 Å². The Morgan fingerprint density at radius 3 is 3.00 bits per heavy atom. The monoisotopic (exact) mass is 318 g/mol. The summed E-state index contributed by atoms with van der Waals surface area (Å²) in [5, 5.41) is 6.98. The largest absolute Gasteiger partial charge is 0.336 e. The van der Waals surface area contributed by atoms with Crippen LogP contribution < -0.4 is 11.2 Å². The van der Waals surface area contributed by atoms with Gasteiger partial charge in [-0.3, -0.25) is 9.59 Å². The van der Waals surface area contributed by atoms with Gasteiger partial charge in [0.2, 0.25) is 0 Å². The number of benzene rings is 1. The third-order valence-electron chi connectivity index (χ3n) is 3.84. The zero-order valence-electron chi connectivity index (χ0n) is 11.8. The summed E-state index contributed by atoms with van der Waals surface area (Å²) in [6, 6.07) is 5.14. The van der Waals surface area contributed by atoms with Crippen molar-refractivity contribution in [1.29, 1.82) is 0 Å². The molecule has 7 heteroatoms. The van der Waals surface area contributed by atoms with Crippen LogP contribution in [0.15, 0.2) is 23.3 Å². The van der Waals surface area contributed by atoms with Crippen molar-refractivity contribution >= 4 is 40.5 Å². The van der Waals surface area contributed by atoms with Crippen LogP contribution in [0.5, 0.6) is 0 Å². The number of amides is 1. The quantitative estimate of drug-likeness (QED) is 0.385. The van der Waals surface area contributed by atoms with Crippen molar-refractivity contribution < 1.29 is 9.59 Å². The molecule has 114 valence electrons. The number of nitrogens with one attached hydrogen (secondary N) is 1. The van der Waals surface area contributed by atoms with Crippen LogP contribution in [0.4, 0.5) is 0 Å². The molecular weight excluding hydrogens is 304 g/mol. The van der Waals surface area contributed by atoms with Gasteiger partial charge in [-0.05, 0) is 31.0 Å². The molecule has 2 aromatic rings. The highest BCUT2D eigenvalue weighted by atomic mass is 35.5. The lowest BCUT2D eigenvalue weighted by Crippen LogP contribution is -2.25. The van der Waals surface area contributed by atoms with Crippen molar-refractivity contribution in [3.8, 4) is 0 Å². The molecule has 1 aliphatic rings. The minimum Gasteiger partial charge on any atom is -0.336 e. The number of nitrogens with two attached hydrogens (primary N) is 1. The first-order valence-electron chi connectivity index (χ1n) is 7.01. The average molecular weight is 319 g/mol. The normalized spacial score (nSPS) is 15.0. The Morgan fingerprint density at radius 2 is 2.23 bits per heavy atom. The molecule has 3 rings (SSSR count). The predicted molar refractivity (Wildman–Crippen MR) is 85.3 cm³/mol. The van der Waals surface area contributed by atoms with Gasteiger partial charge >= 0.3 is 0 Å². The maximum absolute atomic E-state index is 12.3. The van der Waals surface area contributed by atoms with Gasteiger partial charge in [-0.1, -0.05) is 11.6 Å². The second-order valence-electron chi connectivity index (χ2n) is 5.17. The van der Waals surface area contributed by atoms with E-state index < -0.39 is 0 Å². The van der Waals surface area contributed by atoms with Gasteiger partial charge in [-0.2, -0.15) is 5.10 Å². The number of aromatic nitrogens is 1. The molecule has 6 nitrogen and oxygen atoms in total. The first-order valence-corrected chi connectivity index (χ1v) is 7.39. The number of rotatable bonds is 2. The summed E-state index contributed by atoms with van der Waals surface area (Å²) in [4.78, 5) is 24.6. The number of halogens is 1. The van der Waals surface area contributed by atoms with Crippen molar-refractivity contribution in [2.75, 3.05) is 0 Å². The number of ketones is 1. The van der Waals surface area contributed by atoms with E-state index in [9.17, 15) is 9.59 Å². The molecule has 2 heterocycles. The number of hydrazone groups is 1. The minimum atomic E-state index is -0.333. The van der Waals surface area contributed by atoms with Gasteiger partial charge in [0, 0.05) is 23.9 Å². The van der Waals surface area contributed by atoms with Gasteiger partial charge in [-0.25, -0.2) is 0 Å². The van der Waals surface area contributed by atoms with Crippen LogP contribution in [-0.4, -0.2) is 22.6 Å². The number of hydrogen-bond acceptors (Lipinski definition) is 4. The van der Waals surface area contributed by atoms with Gasteiger partial charge in [-0.15, -0.1) is 0 Å². The number of carbonyl (C=O) groups excluding carboxylic acids is 2. The maximum Gasteiger partial charge on any atom is 0.273 e. The van der Waals surface area contributed by atoms with Gasteiger partial charge in [0.25, 0.3) is 5.91 Å². The molecule has 0 unspecified atom stereocenters. The van der Waals surface area contributed by atoms with Gasteiger partial charge in [0.15, 0.2) is 5.78 Å². The summed E-state index contributed by atoms with van der Waals surface area (Å²) in [7, 11) is 0. The highest BCUT2D eigenvalue weighted by Crippen LogP contribution is 2.32. The third-order valence-corrected chi connectivity index (χ3v) is 4.17. The van der Waals surface area contributed by atoms with Crippen LogP contribution in [0.3, 0.4) is 0 Å². The van der Waals surface area contributed by atoms with Gasteiger partial charge in [0.1, 0.15) is 12.0 Å². The van der Waals surface area contributed by atoms with E-state index in [2.05, 4.69) is 10.4 Å². The summed E-state index contributed by atoms with van der Waals surface area (Å²) in [6.07, 6.45) is 3.27. The number of hydrogen-bond donors (Lipinski definition) is 2. The smallest absolute Gasteiger partial charge is 0.273 e. The summed E-state index contributed by atoms with van der Waals surface area (Å²) < 4.78 is 1.85. The molecule has 0 atom stereocenters. The van der Waals surface area contributed by atoms with Crippen LogP contribution in [0.1, 0.15) is 40.1 Å². The number of carbonyl (C=O) groups is 2. The second kappa shape index (κ2) is 5.81. The average Bonchev–Trinajstić information content (AvgIpc) is 2.88. The van der Waals surface area contributed by atoms with Crippen LogP contribution >= 0.6 is 11.6 Å². The molecule has 3 N–H and O–H groups in total. The van der Waals surface area contributed by atoms with E-state index in [1.807, 2.05) is 4.57 Å². The van der Waals surface area contributed by atoms with Crippen molar-refractivity contribution in [1.82, 2.24) is 9.88 Å². The summed E-state index contributed by atoms with van der Waals surface area (Å²) >= 11 is 6.24. The zero-order valence-corrected chi connectivity index (χ0v) is 12.6. The van der Waals surface area contributed by atoms with Crippen LogP contribution in [0.2, 0.25) is 5.02 Å². The van der Waals surface area contributed by atoms with E-state index in [1.165, 1.54) is 0 Å². The molecule has 1 amide bonds. The fourth-order valence-corrected chi connectivity index (χ4v) is 3.06. The van der Waals surface area contributed by atoms with Gasteiger partial charge in [0.05, 0.1) is 10.5 Å². The van der Waals surface area contributed by atoms with E-state index in [0.717, 1.165) is 24.7 Å². The Hall–Kier alpha value is -2.34. The summed E-state index contributed by atoms with van der Waals surface area (Å²) in [6.45, 7) is 0.659. The lowest BCUT2D eigenvalue weighted by Gasteiger charge is -2.15. The highest BCUT2D eigenvalue weighted by molar-refractivity contribution is 6.36. The van der Waals surface area contributed by atoms with Crippen molar-refractivity contribution in [3.05, 3.63) is 34.5 Å². The summed E-state index contributed by atoms with van der Waals surface area (Å²) in [5.74, 6) is 4.75. The molecular formula is C15H15ClN4O2. The Morgan fingerprint density at radius 1 is 1.41 bits per heavy atom. The molecule has 1 aromatic carbocycles. The van der Waals surface area contributed by atoms with Crippen LogP contribution in [0, 0.1) is 0 Å². The highest BCUT2D eigenvalue weighted by Gasteiger charge is 2.23. The van der Waals surface area contributed by atoms with Crippen LogP contribution in [-0.2, 0) is 6.54 Å². The molecule has 22 heavy (non-hydrogen) atoms. The SMILES string of the molecule is NN=CNC(=O)c1cc2c(Cl)ccc3c2n1CCCCC3=O. The molecule has 1 aromatic heterocycles. The fourth-order valence-electron chi connectivity index (χ4n) is 2.85.